The minimum atomic E-state index is -0.530. The summed E-state index contributed by atoms with van der Waals surface area (Å²) in [7, 11) is 1.68. The lowest BCUT2D eigenvalue weighted by Crippen LogP contribution is -2.35. The maximum Gasteiger partial charge on any atom is 0.356 e. The molecule has 11 heteroatoms. The Morgan fingerprint density at radius 3 is 2.47 bits per heavy atom. The SMILES string of the molecule is CCOC(=O)c1cc(NC(=O)N[C@H]2CC[C@@H](Oc3ccc4nnc(C(C)(C)COC)n4c3)c3ccccc32)cc(C(C)(C)C)n1. The average molecular weight is 615 g/mol. The number of anilines is 1. The number of pyridine rings is 2. The molecular formula is C34H42N6O5. The van der Waals surface area contributed by atoms with Gasteiger partial charge >= 0.3 is 12.0 Å². The number of carbonyl (C=O) groups excluding carboxylic acids is 2. The molecule has 0 fully saturated rings. The zero-order chi connectivity index (χ0) is 32.4. The minimum Gasteiger partial charge on any atom is -0.484 e. The highest BCUT2D eigenvalue weighted by Crippen LogP contribution is 2.39. The molecule has 0 unspecified atom stereocenters. The monoisotopic (exact) mass is 614 g/mol. The quantitative estimate of drug-likeness (QED) is 0.210. The second-order valence-corrected chi connectivity index (χ2v) is 13.0. The van der Waals surface area contributed by atoms with Crippen LogP contribution in [0.5, 0.6) is 5.75 Å². The Kier molecular flexibility index (Phi) is 9.11. The summed E-state index contributed by atoms with van der Waals surface area (Å²) in [5, 5.41) is 14.8. The molecule has 0 radical (unpaired) electrons. The van der Waals surface area contributed by atoms with E-state index >= 15 is 0 Å². The Morgan fingerprint density at radius 2 is 1.76 bits per heavy atom. The number of carbonyl (C=O) groups is 2. The van der Waals surface area contributed by atoms with Crippen molar-refractivity contribution in [3.05, 3.63) is 83.1 Å². The number of hydrogen-bond acceptors (Lipinski definition) is 8. The topological polar surface area (TPSA) is 129 Å². The van der Waals surface area contributed by atoms with Gasteiger partial charge in [-0.2, -0.15) is 0 Å². The molecule has 0 saturated heterocycles. The number of benzene rings is 1. The fraction of sp³-hybridized carbons (Fsp3) is 0.441. The normalized spacial score (nSPS) is 16.6. The highest BCUT2D eigenvalue weighted by Gasteiger charge is 2.31. The Bertz CT molecular complexity index is 1690. The maximum atomic E-state index is 13.3. The molecule has 0 spiro atoms. The number of ether oxygens (including phenoxy) is 3. The lowest BCUT2D eigenvalue weighted by molar-refractivity contribution is 0.0519. The van der Waals surface area contributed by atoms with Crippen LogP contribution >= 0.6 is 0 Å². The molecular weight excluding hydrogens is 572 g/mol. The van der Waals surface area contributed by atoms with Crippen molar-refractivity contribution in [2.45, 2.75) is 77.4 Å². The largest absolute Gasteiger partial charge is 0.484 e. The fourth-order valence-electron chi connectivity index (χ4n) is 5.64. The zero-order valence-corrected chi connectivity index (χ0v) is 27.0. The molecule has 1 aliphatic carbocycles. The van der Waals surface area contributed by atoms with Gasteiger partial charge in [-0.1, -0.05) is 58.9 Å². The second kappa shape index (κ2) is 12.8. The van der Waals surface area contributed by atoms with Crippen LogP contribution in [-0.4, -0.2) is 51.9 Å². The van der Waals surface area contributed by atoms with Crippen molar-refractivity contribution in [3.8, 4) is 5.75 Å². The van der Waals surface area contributed by atoms with Crippen LogP contribution in [0.4, 0.5) is 10.5 Å². The summed E-state index contributed by atoms with van der Waals surface area (Å²) in [6.07, 6.45) is 3.09. The Labute approximate surface area is 263 Å². The lowest BCUT2D eigenvalue weighted by atomic mass is 9.85. The molecule has 4 aromatic rings. The van der Waals surface area contributed by atoms with Gasteiger partial charge in [0.25, 0.3) is 0 Å². The summed E-state index contributed by atoms with van der Waals surface area (Å²) < 4.78 is 19.1. The number of aromatic nitrogens is 4. The molecule has 45 heavy (non-hydrogen) atoms. The Balaban J connectivity index is 1.33. The van der Waals surface area contributed by atoms with Crippen molar-refractivity contribution in [1.82, 2.24) is 24.9 Å². The Hall–Kier alpha value is -4.51. The van der Waals surface area contributed by atoms with E-state index in [1.807, 2.05) is 67.8 Å². The highest BCUT2D eigenvalue weighted by atomic mass is 16.5. The molecule has 0 bridgehead atoms. The van der Waals surface area contributed by atoms with Crippen molar-refractivity contribution >= 4 is 23.3 Å². The van der Waals surface area contributed by atoms with Gasteiger partial charge in [-0.05, 0) is 55.2 Å². The van der Waals surface area contributed by atoms with Crippen LogP contribution in [0.1, 0.15) is 99.7 Å². The summed E-state index contributed by atoms with van der Waals surface area (Å²) in [6, 6.07) is 14.5. The van der Waals surface area contributed by atoms with E-state index in [1.54, 1.807) is 26.2 Å². The van der Waals surface area contributed by atoms with Gasteiger partial charge in [0.2, 0.25) is 0 Å². The third-order valence-corrected chi connectivity index (χ3v) is 7.84. The van der Waals surface area contributed by atoms with Crippen molar-refractivity contribution in [1.29, 1.82) is 0 Å². The van der Waals surface area contributed by atoms with Gasteiger partial charge in [0, 0.05) is 29.3 Å². The van der Waals surface area contributed by atoms with Crippen LogP contribution in [0.3, 0.4) is 0 Å². The molecule has 2 N–H and O–H groups in total. The summed E-state index contributed by atoms with van der Waals surface area (Å²) in [5.74, 6) is 0.963. The van der Waals surface area contributed by atoms with Crippen molar-refractivity contribution in [3.63, 3.8) is 0 Å². The molecule has 0 saturated carbocycles. The summed E-state index contributed by atoms with van der Waals surface area (Å²) >= 11 is 0. The van der Waals surface area contributed by atoms with E-state index in [1.165, 1.54) is 0 Å². The van der Waals surface area contributed by atoms with E-state index in [2.05, 4.69) is 39.7 Å². The molecule has 11 nitrogen and oxygen atoms in total. The number of hydrogen-bond donors (Lipinski definition) is 2. The van der Waals surface area contributed by atoms with Crippen molar-refractivity contribution in [2.24, 2.45) is 0 Å². The van der Waals surface area contributed by atoms with Gasteiger partial charge in [0.05, 0.1) is 25.5 Å². The molecule has 1 aromatic carbocycles. The molecule has 1 aliphatic rings. The zero-order valence-electron chi connectivity index (χ0n) is 27.0. The predicted molar refractivity (Wildman–Crippen MR) is 171 cm³/mol. The smallest absolute Gasteiger partial charge is 0.356 e. The van der Waals surface area contributed by atoms with Gasteiger partial charge in [-0.25, -0.2) is 14.6 Å². The van der Waals surface area contributed by atoms with E-state index in [0.717, 1.165) is 22.6 Å². The van der Waals surface area contributed by atoms with Crippen LogP contribution in [-0.2, 0) is 20.3 Å². The van der Waals surface area contributed by atoms with Crippen LogP contribution in [0, 0.1) is 0 Å². The van der Waals surface area contributed by atoms with Crippen LogP contribution in [0.15, 0.2) is 54.7 Å². The van der Waals surface area contributed by atoms with Gasteiger partial charge in [-0.15, -0.1) is 10.2 Å². The van der Waals surface area contributed by atoms with Gasteiger partial charge in [0.1, 0.15) is 17.7 Å². The highest BCUT2D eigenvalue weighted by molar-refractivity contribution is 5.93. The lowest BCUT2D eigenvalue weighted by Gasteiger charge is -2.32. The number of urea groups is 1. The molecule has 238 valence electrons. The van der Waals surface area contributed by atoms with E-state index in [-0.39, 0.29) is 41.3 Å². The molecule has 3 heterocycles. The Morgan fingerprint density at radius 1 is 1.00 bits per heavy atom. The van der Waals surface area contributed by atoms with Gasteiger partial charge in [0.15, 0.2) is 11.3 Å². The number of rotatable bonds is 9. The van der Waals surface area contributed by atoms with E-state index < -0.39 is 5.97 Å². The third-order valence-electron chi connectivity index (χ3n) is 7.84. The molecule has 3 aromatic heterocycles. The fourth-order valence-corrected chi connectivity index (χ4v) is 5.64. The molecule has 2 atom stereocenters. The van der Waals surface area contributed by atoms with E-state index in [4.69, 9.17) is 14.2 Å². The first kappa shape index (κ1) is 31.9. The summed E-state index contributed by atoms with van der Waals surface area (Å²) in [5.41, 5.74) is 3.36. The van der Waals surface area contributed by atoms with Crippen LogP contribution in [0.2, 0.25) is 0 Å². The van der Waals surface area contributed by atoms with Gasteiger partial charge in [-0.3, -0.25) is 4.40 Å². The second-order valence-electron chi connectivity index (χ2n) is 13.0. The summed E-state index contributed by atoms with van der Waals surface area (Å²) in [4.78, 5) is 30.2. The van der Waals surface area contributed by atoms with Gasteiger partial charge < -0.3 is 24.8 Å². The van der Waals surface area contributed by atoms with E-state index in [0.29, 0.717) is 36.6 Å². The maximum absolute atomic E-state index is 13.3. The van der Waals surface area contributed by atoms with Crippen molar-refractivity contribution in [2.75, 3.05) is 25.6 Å². The van der Waals surface area contributed by atoms with E-state index in [9.17, 15) is 9.59 Å². The summed E-state index contributed by atoms with van der Waals surface area (Å²) in [6.45, 7) is 12.6. The van der Waals surface area contributed by atoms with Crippen molar-refractivity contribution < 1.29 is 23.8 Å². The molecule has 0 aliphatic heterocycles. The van der Waals surface area contributed by atoms with Crippen LogP contribution < -0.4 is 15.4 Å². The first-order valence-electron chi connectivity index (χ1n) is 15.3. The molecule has 5 rings (SSSR count). The minimum absolute atomic E-state index is 0.154. The standard InChI is InChI=1S/C34H42N6O5/c1-8-44-30(41)26-17-21(18-28(36-26)33(2,3)4)35-32(42)37-25-14-15-27(24-12-10-9-11-23(24)25)45-22-13-16-29-38-39-31(40(29)19-22)34(5,6)20-43-7/h9-13,16-19,25,27H,8,14-15,20H2,1-7H3,(H2,35,36,37,42)/t25-,27+/m0/s1. The van der Waals surface area contributed by atoms with Crippen LogP contribution in [0.25, 0.3) is 5.65 Å². The first-order chi connectivity index (χ1) is 21.4. The first-order valence-corrected chi connectivity index (χ1v) is 15.3. The number of fused-ring (bicyclic) bond motifs is 2. The number of nitrogens with one attached hydrogen (secondary N) is 2. The predicted octanol–water partition coefficient (Wildman–Crippen LogP) is 6.30. The number of esters is 1. The molecule has 2 amide bonds. The number of methoxy groups -OCH3 is 1. The number of nitrogens with zero attached hydrogens (tertiary/aromatic N) is 4. The number of amides is 2. The third kappa shape index (κ3) is 7.09. The average Bonchev–Trinajstić information content (AvgIpc) is 3.42.